The third-order valence-electron chi connectivity index (χ3n) is 11.7. The molecule has 1 aromatic heterocycles. The summed E-state index contributed by atoms with van der Waals surface area (Å²) in [5.74, 6) is -0.691. The maximum atomic E-state index is 13.9. The van der Waals surface area contributed by atoms with Crippen molar-refractivity contribution in [2.24, 2.45) is 5.41 Å². The number of ether oxygens (including phenoxy) is 3. The van der Waals surface area contributed by atoms with Crippen LogP contribution in [0.5, 0.6) is 5.75 Å². The van der Waals surface area contributed by atoms with Crippen LogP contribution in [0.3, 0.4) is 0 Å². The second kappa shape index (κ2) is 22.8. The van der Waals surface area contributed by atoms with Crippen LogP contribution in [0.4, 0.5) is 11.4 Å². The van der Waals surface area contributed by atoms with Gasteiger partial charge < -0.3 is 39.8 Å². The average molecular weight is 952 g/mol. The lowest BCUT2D eigenvalue weighted by Crippen LogP contribution is -2.58. The molecule has 2 fully saturated rings. The monoisotopic (exact) mass is 951 g/mol. The number of anilines is 2. The molecule has 4 aromatic rings. The van der Waals surface area contributed by atoms with E-state index in [1.165, 1.54) is 9.80 Å². The number of thiazole rings is 1. The van der Waals surface area contributed by atoms with E-state index in [1.807, 2.05) is 100 Å². The summed E-state index contributed by atoms with van der Waals surface area (Å²) in [6.45, 7) is 13.1. The summed E-state index contributed by atoms with van der Waals surface area (Å²) < 4.78 is 17.3. The number of nitriles is 1. The lowest BCUT2D eigenvalue weighted by atomic mass is 9.85. The van der Waals surface area contributed by atoms with Crippen molar-refractivity contribution in [3.8, 4) is 22.3 Å². The van der Waals surface area contributed by atoms with Gasteiger partial charge in [-0.05, 0) is 124 Å². The molecule has 0 bridgehead atoms. The minimum atomic E-state index is -0.948. The minimum absolute atomic E-state index is 0.00915. The third kappa shape index (κ3) is 12.8. The molecule has 17 heteroatoms. The molecule has 3 heterocycles. The number of aromatic nitrogens is 1. The van der Waals surface area contributed by atoms with Gasteiger partial charge in [0.15, 0.2) is 5.11 Å². The van der Waals surface area contributed by atoms with E-state index < -0.39 is 41.0 Å². The largest absolute Gasteiger partial charge is 0.494 e. The first kappa shape index (κ1) is 50.6. The number of nitrogens with one attached hydrogen (secondary N) is 2. The summed E-state index contributed by atoms with van der Waals surface area (Å²) in [6.07, 6.45) is 2.44. The first-order chi connectivity index (χ1) is 32.0. The highest BCUT2D eigenvalue weighted by Gasteiger charge is 2.50. The number of hydrogen-bond donors (Lipinski definition) is 3. The quantitative estimate of drug-likeness (QED) is 0.0595. The molecule has 356 valence electrons. The second-order valence-electron chi connectivity index (χ2n) is 18.3. The molecule has 0 radical (unpaired) electrons. The van der Waals surface area contributed by atoms with Crippen molar-refractivity contribution in [3.05, 3.63) is 95.1 Å². The van der Waals surface area contributed by atoms with Crippen LogP contribution in [0.25, 0.3) is 10.4 Å². The Morgan fingerprint density at radius 2 is 1.60 bits per heavy atom. The highest BCUT2D eigenvalue weighted by molar-refractivity contribution is 7.81. The Kier molecular flexibility index (Phi) is 17.2. The number of amides is 4. The fourth-order valence-corrected chi connectivity index (χ4v) is 9.35. The molecule has 0 spiro atoms. The number of thiocarbonyl (C=S) groups is 1. The number of hydrogen-bond acceptors (Lipinski definition) is 12. The molecule has 6 rings (SSSR count). The van der Waals surface area contributed by atoms with Gasteiger partial charge in [-0.1, -0.05) is 45.0 Å². The fraction of sp³-hybridized carbons (Fsp3) is 0.460. The van der Waals surface area contributed by atoms with Crippen LogP contribution in [0, 0.1) is 23.7 Å². The first-order valence-corrected chi connectivity index (χ1v) is 23.9. The number of rotatable bonds is 21. The molecule has 4 amide bonds. The van der Waals surface area contributed by atoms with Crippen LogP contribution < -0.4 is 25.2 Å². The zero-order valence-corrected chi connectivity index (χ0v) is 40.7. The molecule has 3 N–H and O–H groups in total. The SMILES string of the molecule is Cc1ncsc1-c1ccc(CNC(=O)[C@@H]2C[C@@H](O)CN2C(=O)C(NC(=O)COCCCOCCCCCOc2ccc(N3C(=S)N(c4ccc(C#N)cc4)C(=O)C3(C)C)cc2)C(C)(C)C)cc1. The van der Waals surface area contributed by atoms with E-state index in [0.29, 0.717) is 55.0 Å². The van der Waals surface area contributed by atoms with Gasteiger partial charge >= 0.3 is 0 Å². The predicted octanol–water partition coefficient (Wildman–Crippen LogP) is 6.69. The van der Waals surface area contributed by atoms with Gasteiger partial charge in [0.2, 0.25) is 17.7 Å². The molecule has 3 atom stereocenters. The highest BCUT2D eigenvalue weighted by atomic mass is 32.1. The van der Waals surface area contributed by atoms with E-state index in [2.05, 4.69) is 21.7 Å². The van der Waals surface area contributed by atoms with Crippen LogP contribution >= 0.6 is 23.6 Å². The average Bonchev–Trinajstić information content (AvgIpc) is 3.97. The lowest BCUT2D eigenvalue weighted by Gasteiger charge is -2.35. The van der Waals surface area contributed by atoms with Crippen molar-refractivity contribution >= 4 is 63.7 Å². The summed E-state index contributed by atoms with van der Waals surface area (Å²) in [5.41, 5.74) is 5.01. The van der Waals surface area contributed by atoms with Gasteiger partial charge in [-0.25, -0.2) is 4.98 Å². The maximum Gasteiger partial charge on any atom is 0.259 e. The molecule has 67 heavy (non-hydrogen) atoms. The van der Waals surface area contributed by atoms with E-state index in [4.69, 9.17) is 31.7 Å². The number of likely N-dealkylation sites (tertiary alicyclic amines) is 1. The number of unbranched alkanes of at least 4 members (excludes halogenated alkanes) is 2. The van der Waals surface area contributed by atoms with Crippen molar-refractivity contribution in [1.82, 2.24) is 20.5 Å². The molecule has 2 saturated heterocycles. The number of β-amino-alcohol motifs (C(OH)–C–C–N with tert-alkyl or cyclic N) is 1. The van der Waals surface area contributed by atoms with Crippen molar-refractivity contribution in [3.63, 3.8) is 0 Å². The molecule has 3 aromatic carbocycles. The standard InChI is InChI=1S/C50H61N7O8S2/c1-33-43(67-32-53-33)36-15-11-35(12-16-36)29-52-45(60)41-27-39(58)30-55(41)46(61)44(49(2,3)4)54-42(59)31-64-25-10-24-63-23-8-7-9-26-65-40-21-19-38(20-22-40)57-48(66)56(47(62)50(57,5)6)37-17-13-34(28-51)14-18-37/h11-22,32,39,41,44,58H,7-10,23-27,29-31H2,1-6H3,(H,52,60)(H,54,59)/t39-,41+,44?/m1/s1. The van der Waals surface area contributed by atoms with Crippen LogP contribution in [-0.4, -0.2) is 107 Å². The van der Waals surface area contributed by atoms with Gasteiger partial charge in [-0.3, -0.25) is 24.1 Å². The number of nitrogens with zero attached hydrogens (tertiary/aromatic N) is 5. The number of benzene rings is 3. The van der Waals surface area contributed by atoms with Crippen LogP contribution in [0.2, 0.25) is 0 Å². The highest BCUT2D eigenvalue weighted by Crippen LogP contribution is 2.37. The van der Waals surface area contributed by atoms with E-state index in [9.17, 15) is 24.3 Å². The Morgan fingerprint density at radius 3 is 2.25 bits per heavy atom. The summed E-state index contributed by atoms with van der Waals surface area (Å²) in [6, 6.07) is 22.4. The maximum absolute atomic E-state index is 13.9. The Bertz CT molecular complexity index is 2390. The van der Waals surface area contributed by atoms with Gasteiger partial charge in [0.1, 0.15) is 30.0 Å². The Labute approximate surface area is 402 Å². The molecule has 1 unspecified atom stereocenters. The summed E-state index contributed by atoms with van der Waals surface area (Å²) in [7, 11) is 0. The number of carbonyl (C=O) groups is 4. The normalized spacial score (nSPS) is 17.4. The molecule has 0 aliphatic carbocycles. The minimum Gasteiger partial charge on any atom is -0.494 e. The fourth-order valence-electron chi connectivity index (χ4n) is 8.02. The summed E-state index contributed by atoms with van der Waals surface area (Å²) in [4.78, 5) is 63.9. The zero-order valence-electron chi connectivity index (χ0n) is 39.1. The van der Waals surface area contributed by atoms with Crippen LogP contribution in [0.15, 0.2) is 78.3 Å². The van der Waals surface area contributed by atoms with Crippen LogP contribution in [-0.2, 0) is 35.2 Å². The molecule has 2 aliphatic rings. The topological polar surface area (TPSA) is 187 Å². The number of aryl methyl sites for hydroxylation is 1. The van der Waals surface area contributed by atoms with Gasteiger partial charge in [-0.2, -0.15) is 5.26 Å². The summed E-state index contributed by atoms with van der Waals surface area (Å²) >= 11 is 7.34. The smallest absolute Gasteiger partial charge is 0.259 e. The van der Waals surface area contributed by atoms with E-state index in [0.717, 1.165) is 46.6 Å². The molecule has 2 aliphatic heterocycles. The lowest BCUT2D eigenvalue weighted by molar-refractivity contribution is -0.144. The molecular formula is C50H61N7O8S2. The predicted molar refractivity (Wildman–Crippen MR) is 261 cm³/mol. The number of aliphatic hydroxyl groups excluding tert-OH is 1. The van der Waals surface area contributed by atoms with Gasteiger partial charge in [0, 0.05) is 45.0 Å². The first-order valence-electron chi connectivity index (χ1n) is 22.6. The Morgan fingerprint density at radius 1 is 0.940 bits per heavy atom. The van der Waals surface area contributed by atoms with E-state index >= 15 is 0 Å². The molecule has 15 nitrogen and oxygen atoms in total. The third-order valence-corrected chi connectivity index (χ3v) is 13.1. The summed E-state index contributed by atoms with van der Waals surface area (Å²) in [5, 5.41) is 25.8. The second-order valence-corrected chi connectivity index (χ2v) is 19.6. The van der Waals surface area contributed by atoms with E-state index in [-0.39, 0.29) is 37.9 Å². The zero-order chi connectivity index (χ0) is 48.3. The number of aliphatic hydroxyl groups is 1. The van der Waals surface area contributed by atoms with Crippen molar-refractivity contribution < 1.29 is 38.5 Å². The van der Waals surface area contributed by atoms with Gasteiger partial charge in [0.05, 0.1) is 46.1 Å². The molecular weight excluding hydrogens is 891 g/mol. The van der Waals surface area contributed by atoms with Crippen molar-refractivity contribution in [1.29, 1.82) is 5.26 Å². The van der Waals surface area contributed by atoms with Crippen molar-refractivity contribution in [2.45, 2.75) is 104 Å². The Hall–Kier alpha value is -5.77. The van der Waals surface area contributed by atoms with Crippen molar-refractivity contribution in [2.75, 3.05) is 49.4 Å². The van der Waals surface area contributed by atoms with Gasteiger partial charge in [-0.15, -0.1) is 11.3 Å². The van der Waals surface area contributed by atoms with Gasteiger partial charge in [0.25, 0.3) is 5.91 Å². The Balaban J connectivity index is 0.837. The van der Waals surface area contributed by atoms with Crippen LogP contribution in [0.1, 0.15) is 83.5 Å². The number of carbonyl (C=O) groups excluding carboxylic acids is 4. The molecule has 0 saturated carbocycles. The van der Waals surface area contributed by atoms with E-state index in [1.54, 1.807) is 35.6 Å².